The van der Waals surface area contributed by atoms with E-state index in [1.54, 1.807) is 0 Å². The van der Waals surface area contributed by atoms with Crippen LogP contribution in [0.15, 0.2) is 21.4 Å². The van der Waals surface area contributed by atoms with Gasteiger partial charge in [0.1, 0.15) is 0 Å². The van der Waals surface area contributed by atoms with Crippen LogP contribution >= 0.6 is 15.9 Å². The molecule has 2 aromatic rings. The fraction of sp³-hybridized carbons (Fsp3) is 0.400. The Bertz CT molecular complexity index is 672. The van der Waals surface area contributed by atoms with Gasteiger partial charge in [-0.2, -0.15) is 0 Å². The van der Waals surface area contributed by atoms with E-state index < -0.39 is 0 Å². The third-order valence-electron chi connectivity index (χ3n) is 3.91. The monoisotopic (exact) mass is 305 g/mol. The number of pyridine rings is 1. The van der Waals surface area contributed by atoms with E-state index in [0.717, 1.165) is 51.5 Å². The molecule has 0 unspecified atom stereocenters. The van der Waals surface area contributed by atoms with Crippen molar-refractivity contribution in [3.63, 3.8) is 0 Å². The summed E-state index contributed by atoms with van der Waals surface area (Å²) < 4.78 is 1.05. The van der Waals surface area contributed by atoms with E-state index >= 15 is 0 Å². The molecule has 18 heavy (non-hydrogen) atoms. The summed E-state index contributed by atoms with van der Waals surface area (Å²) in [5.41, 5.74) is 4.52. The van der Waals surface area contributed by atoms with Crippen molar-refractivity contribution >= 4 is 26.8 Å². The van der Waals surface area contributed by atoms with Crippen LogP contribution in [-0.2, 0) is 12.8 Å². The number of halogens is 1. The van der Waals surface area contributed by atoms with Crippen molar-refractivity contribution < 1.29 is 0 Å². The number of hydrogen-bond donors (Lipinski definition) is 1. The summed E-state index contributed by atoms with van der Waals surface area (Å²) in [7, 11) is 0. The van der Waals surface area contributed by atoms with E-state index in [1.807, 2.05) is 19.1 Å². The van der Waals surface area contributed by atoms with E-state index in [1.165, 1.54) is 12.8 Å². The molecule has 1 aliphatic rings. The van der Waals surface area contributed by atoms with Gasteiger partial charge in [-0.25, -0.2) is 0 Å². The second kappa shape index (κ2) is 4.54. The number of aromatic nitrogens is 1. The number of rotatable bonds is 0. The minimum atomic E-state index is 0.233. The van der Waals surface area contributed by atoms with Crippen molar-refractivity contribution in [3.05, 3.63) is 43.6 Å². The van der Waals surface area contributed by atoms with Gasteiger partial charge >= 0.3 is 0 Å². The predicted molar refractivity (Wildman–Crippen MR) is 78.3 cm³/mol. The standard InChI is InChI=1S/C15H16BrNO/c1-9-12(16)8-7-11-14(9)17-13-6-4-2-3-5-10(13)15(11)18/h7-8H,2-6H2,1H3,(H,17,18). The van der Waals surface area contributed by atoms with Crippen molar-refractivity contribution in [2.24, 2.45) is 0 Å². The third-order valence-corrected chi connectivity index (χ3v) is 4.77. The second-order valence-corrected chi connectivity index (χ2v) is 5.92. The molecule has 0 saturated heterocycles. The smallest absolute Gasteiger partial charge is 0.192 e. The molecule has 3 heteroatoms. The molecule has 0 fully saturated rings. The van der Waals surface area contributed by atoms with Crippen LogP contribution in [0.4, 0.5) is 0 Å². The predicted octanol–water partition coefficient (Wildman–Crippen LogP) is 3.87. The van der Waals surface area contributed by atoms with E-state index in [0.29, 0.717) is 0 Å². The molecule has 0 bridgehead atoms. The molecule has 3 rings (SSSR count). The number of fused-ring (bicyclic) bond motifs is 2. The molecule has 1 N–H and O–H groups in total. The molecule has 1 aliphatic carbocycles. The van der Waals surface area contributed by atoms with Crippen molar-refractivity contribution in [1.82, 2.24) is 4.98 Å². The maximum Gasteiger partial charge on any atom is 0.192 e. The van der Waals surface area contributed by atoms with Gasteiger partial charge in [-0.3, -0.25) is 4.79 Å². The van der Waals surface area contributed by atoms with Crippen LogP contribution in [0.5, 0.6) is 0 Å². The van der Waals surface area contributed by atoms with E-state index in [4.69, 9.17) is 0 Å². The Morgan fingerprint density at radius 2 is 1.94 bits per heavy atom. The van der Waals surface area contributed by atoms with Gasteiger partial charge in [0, 0.05) is 21.1 Å². The zero-order valence-corrected chi connectivity index (χ0v) is 12.1. The first-order chi connectivity index (χ1) is 8.68. The van der Waals surface area contributed by atoms with Gasteiger partial charge in [0.15, 0.2) is 5.43 Å². The van der Waals surface area contributed by atoms with E-state index in [9.17, 15) is 4.79 Å². The summed E-state index contributed by atoms with van der Waals surface area (Å²) in [6.45, 7) is 2.05. The first-order valence-electron chi connectivity index (χ1n) is 6.51. The zero-order valence-electron chi connectivity index (χ0n) is 10.5. The Morgan fingerprint density at radius 3 is 2.78 bits per heavy atom. The van der Waals surface area contributed by atoms with Crippen LogP contribution in [0.1, 0.15) is 36.1 Å². The molecule has 1 heterocycles. The fourth-order valence-corrected chi connectivity index (χ4v) is 3.15. The minimum absolute atomic E-state index is 0.233. The molecule has 0 aliphatic heterocycles. The number of hydrogen-bond acceptors (Lipinski definition) is 1. The lowest BCUT2D eigenvalue weighted by molar-refractivity contribution is 0.708. The van der Waals surface area contributed by atoms with Crippen LogP contribution in [0.25, 0.3) is 10.9 Å². The maximum atomic E-state index is 12.6. The molecule has 0 spiro atoms. The molecule has 1 aromatic heterocycles. The first-order valence-corrected chi connectivity index (χ1v) is 7.30. The molecule has 94 valence electrons. The van der Waals surface area contributed by atoms with E-state index in [-0.39, 0.29) is 5.43 Å². The zero-order chi connectivity index (χ0) is 12.7. The van der Waals surface area contributed by atoms with Crippen LogP contribution in [-0.4, -0.2) is 4.98 Å². The molecular weight excluding hydrogens is 290 g/mol. The summed E-state index contributed by atoms with van der Waals surface area (Å²) >= 11 is 3.53. The average Bonchev–Trinajstić information content (AvgIpc) is 2.60. The summed E-state index contributed by atoms with van der Waals surface area (Å²) in [6.07, 6.45) is 5.47. The highest BCUT2D eigenvalue weighted by Gasteiger charge is 2.15. The molecule has 1 aromatic carbocycles. The highest BCUT2D eigenvalue weighted by molar-refractivity contribution is 9.10. The summed E-state index contributed by atoms with van der Waals surface area (Å²) in [6, 6.07) is 3.90. The maximum absolute atomic E-state index is 12.6. The number of nitrogens with one attached hydrogen (secondary N) is 1. The highest BCUT2D eigenvalue weighted by atomic mass is 79.9. The SMILES string of the molecule is Cc1c(Br)ccc2c(=O)c3c([nH]c12)CCCCC3. The van der Waals surface area contributed by atoms with Gasteiger partial charge in [-0.15, -0.1) is 0 Å². The Labute approximate surface area is 115 Å². The number of H-pyrrole nitrogens is 1. The molecular formula is C15H16BrNO. The lowest BCUT2D eigenvalue weighted by atomic mass is 10.0. The van der Waals surface area contributed by atoms with Crippen molar-refractivity contribution in [1.29, 1.82) is 0 Å². The summed E-state index contributed by atoms with van der Waals surface area (Å²) in [5.74, 6) is 0. The average molecular weight is 306 g/mol. The molecule has 0 amide bonds. The lowest BCUT2D eigenvalue weighted by Crippen LogP contribution is -2.14. The van der Waals surface area contributed by atoms with Gasteiger partial charge in [-0.1, -0.05) is 22.4 Å². The van der Waals surface area contributed by atoms with Gasteiger partial charge in [0.05, 0.1) is 5.52 Å². The number of aromatic amines is 1. The quantitative estimate of drug-likeness (QED) is 0.736. The second-order valence-electron chi connectivity index (χ2n) is 5.07. The van der Waals surface area contributed by atoms with Crippen molar-refractivity contribution in [2.45, 2.75) is 39.0 Å². The normalized spacial score (nSPS) is 15.4. The Hall–Kier alpha value is -1.09. The molecule has 0 atom stereocenters. The lowest BCUT2D eigenvalue weighted by Gasteiger charge is -2.10. The van der Waals surface area contributed by atoms with E-state index in [2.05, 4.69) is 20.9 Å². The molecule has 2 nitrogen and oxygen atoms in total. The Balaban J connectivity index is 2.38. The van der Waals surface area contributed by atoms with Gasteiger partial charge in [-0.05, 0) is 50.3 Å². The Kier molecular flexibility index (Phi) is 3.02. The van der Waals surface area contributed by atoms with Crippen LogP contribution in [0.2, 0.25) is 0 Å². The highest BCUT2D eigenvalue weighted by Crippen LogP contribution is 2.25. The third kappa shape index (κ3) is 1.81. The molecule has 0 saturated carbocycles. The van der Waals surface area contributed by atoms with Crippen LogP contribution in [0, 0.1) is 6.92 Å². The van der Waals surface area contributed by atoms with Crippen LogP contribution < -0.4 is 5.43 Å². The van der Waals surface area contributed by atoms with Crippen molar-refractivity contribution in [2.75, 3.05) is 0 Å². The largest absolute Gasteiger partial charge is 0.358 e. The topological polar surface area (TPSA) is 32.9 Å². The van der Waals surface area contributed by atoms with Gasteiger partial charge < -0.3 is 4.98 Å². The van der Waals surface area contributed by atoms with Crippen molar-refractivity contribution in [3.8, 4) is 0 Å². The first kappa shape index (κ1) is 12.0. The number of aryl methyl sites for hydroxylation is 2. The summed E-state index contributed by atoms with van der Waals surface area (Å²) in [5, 5.41) is 0.830. The van der Waals surface area contributed by atoms with Crippen LogP contribution in [0.3, 0.4) is 0 Å². The summed E-state index contributed by atoms with van der Waals surface area (Å²) in [4.78, 5) is 16.1. The van der Waals surface area contributed by atoms with Gasteiger partial charge in [0.2, 0.25) is 0 Å². The minimum Gasteiger partial charge on any atom is -0.358 e. The van der Waals surface area contributed by atoms with Gasteiger partial charge in [0.25, 0.3) is 0 Å². The fourth-order valence-electron chi connectivity index (χ4n) is 2.82. The Morgan fingerprint density at radius 1 is 1.17 bits per heavy atom. The molecule has 0 radical (unpaired) electrons. The number of benzene rings is 1.